The predicted octanol–water partition coefficient (Wildman–Crippen LogP) is 2.61. The first-order chi connectivity index (χ1) is 4.84. The zero-order valence-corrected chi connectivity index (χ0v) is 6.34. The zero-order valence-electron chi connectivity index (χ0n) is 6.34. The van der Waals surface area contributed by atoms with Gasteiger partial charge in [-0.2, -0.15) is 0 Å². The van der Waals surface area contributed by atoms with E-state index in [-0.39, 0.29) is 0 Å². The normalized spacial score (nSPS) is 56.6. The number of hydrogen-bond donors (Lipinski definition) is 0. The lowest BCUT2D eigenvalue weighted by atomic mass is 9.80. The van der Waals surface area contributed by atoms with E-state index in [4.69, 9.17) is 0 Å². The Balaban J connectivity index is 2.06. The van der Waals surface area contributed by atoms with Crippen LogP contribution in [0, 0.1) is 23.7 Å². The fourth-order valence-electron chi connectivity index (χ4n) is 3.62. The standard InChI is InChI=1S/C10H14/c1-6-8-2-7-3-9(5-8)10(6)4-7/h7-10H,1-5H2. The maximum Gasteiger partial charge on any atom is -0.0172 e. The molecule has 0 radical (unpaired) electrons. The Morgan fingerprint density at radius 3 is 2.70 bits per heavy atom. The lowest BCUT2D eigenvalue weighted by Gasteiger charge is -2.25. The Kier molecular flexibility index (Phi) is 0.805. The van der Waals surface area contributed by atoms with Crippen LogP contribution in [0.3, 0.4) is 0 Å². The van der Waals surface area contributed by atoms with Crippen LogP contribution in [0.4, 0.5) is 0 Å². The third-order valence-electron chi connectivity index (χ3n) is 4.00. The van der Waals surface area contributed by atoms with E-state index in [2.05, 4.69) is 6.58 Å². The number of allylic oxidation sites excluding steroid dienone is 1. The molecule has 54 valence electrons. The second kappa shape index (κ2) is 1.49. The molecule has 4 saturated carbocycles. The highest BCUT2D eigenvalue weighted by molar-refractivity contribution is 5.21. The summed E-state index contributed by atoms with van der Waals surface area (Å²) >= 11 is 0. The van der Waals surface area contributed by atoms with Crippen LogP contribution in [0.5, 0.6) is 0 Å². The van der Waals surface area contributed by atoms with E-state index in [1.54, 1.807) is 12.0 Å². The Bertz CT molecular complexity index is 188. The van der Waals surface area contributed by atoms with Gasteiger partial charge in [0.1, 0.15) is 0 Å². The van der Waals surface area contributed by atoms with Crippen molar-refractivity contribution in [3.63, 3.8) is 0 Å². The molecule has 0 aromatic rings. The van der Waals surface area contributed by atoms with Gasteiger partial charge < -0.3 is 0 Å². The van der Waals surface area contributed by atoms with Crippen molar-refractivity contribution < 1.29 is 0 Å². The van der Waals surface area contributed by atoms with Gasteiger partial charge in [0.05, 0.1) is 0 Å². The molecule has 0 aromatic heterocycles. The Morgan fingerprint density at radius 2 is 2.00 bits per heavy atom. The molecule has 4 aliphatic rings. The average Bonchev–Trinajstić information content (AvgIpc) is 2.31. The van der Waals surface area contributed by atoms with Gasteiger partial charge in [-0.1, -0.05) is 12.2 Å². The van der Waals surface area contributed by atoms with Gasteiger partial charge in [-0.3, -0.25) is 0 Å². The van der Waals surface area contributed by atoms with Crippen molar-refractivity contribution in [2.45, 2.75) is 25.7 Å². The van der Waals surface area contributed by atoms with Crippen LogP contribution in [-0.4, -0.2) is 0 Å². The molecule has 0 saturated heterocycles. The highest BCUT2D eigenvalue weighted by Crippen LogP contribution is 2.60. The summed E-state index contributed by atoms with van der Waals surface area (Å²) < 4.78 is 0. The lowest BCUT2D eigenvalue weighted by molar-refractivity contribution is 0.317. The second-order valence-corrected chi connectivity index (χ2v) is 4.45. The minimum Gasteiger partial charge on any atom is -0.0993 e. The monoisotopic (exact) mass is 134 g/mol. The van der Waals surface area contributed by atoms with E-state index in [1.807, 2.05) is 0 Å². The van der Waals surface area contributed by atoms with E-state index < -0.39 is 0 Å². The van der Waals surface area contributed by atoms with Gasteiger partial charge in [-0.25, -0.2) is 0 Å². The summed E-state index contributed by atoms with van der Waals surface area (Å²) in [6.07, 6.45) is 6.03. The summed E-state index contributed by atoms with van der Waals surface area (Å²) in [6.45, 7) is 4.22. The molecule has 0 heteroatoms. The topological polar surface area (TPSA) is 0 Å². The zero-order chi connectivity index (χ0) is 6.72. The molecule has 0 aromatic carbocycles. The molecule has 0 spiro atoms. The first-order valence-corrected chi connectivity index (χ1v) is 4.53. The van der Waals surface area contributed by atoms with Crippen molar-refractivity contribution >= 4 is 0 Å². The molecule has 0 heterocycles. The first-order valence-electron chi connectivity index (χ1n) is 4.53. The van der Waals surface area contributed by atoms with Crippen LogP contribution >= 0.6 is 0 Å². The summed E-state index contributed by atoms with van der Waals surface area (Å²) in [5.41, 5.74) is 1.62. The van der Waals surface area contributed by atoms with E-state index >= 15 is 0 Å². The van der Waals surface area contributed by atoms with Crippen molar-refractivity contribution in [3.8, 4) is 0 Å². The lowest BCUT2D eigenvalue weighted by Crippen LogP contribution is -2.14. The highest BCUT2D eigenvalue weighted by Gasteiger charge is 2.49. The molecule has 0 nitrogen and oxygen atoms in total. The predicted molar refractivity (Wildman–Crippen MR) is 41.6 cm³/mol. The molecule has 0 aliphatic heterocycles. The van der Waals surface area contributed by atoms with Gasteiger partial charge in [0.15, 0.2) is 0 Å². The maximum absolute atomic E-state index is 4.22. The molecule has 4 rings (SSSR count). The van der Waals surface area contributed by atoms with Crippen molar-refractivity contribution in [1.29, 1.82) is 0 Å². The van der Waals surface area contributed by atoms with Crippen LogP contribution in [0.15, 0.2) is 12.2 Å². The third kappa shape index (κ3) is 0.457. The molecule has 0 N–H and O–H groups in total. The van der Waals surface area contributed by atoms with Gasteiger partial charge in [-0.15, -0.1) is 0 Å². The van der Waals surface area contributed by atoms with Gasteiger partial charge >= 0.3 is 0 Å². The quantitative estimate of drug-likeness (QED) is 0.447. The SMILES string of the molecule is C=C1C2CC3CC(C2)C1C3. The Hall–Kier alpha value is -0.260. The summed E-state index contributed by atoms with van der Waals surface area (Å²) in [5.74, 6) is 4.13. The smallest absolute Gasteiger partial charge is 0.0172 e. The largest absolute Gasteiger partial charge is 0.0993 e. The van der Waals surface area contributed by atoms with Crippen LogP contribution < -0.4 is 0 Å². The third-order valence-corrected chi connectivity index (χ3v) is 4.00. The second-order valence-electron chi connectivity index (χ2n) is 4.45. The molecule has 4 unspecified atom stereocenters. The number of hydrogen-bond acceptors (Lipinski definition) is 0. The average molecular weight is 134 g/mol. The van der Waals surface area contributed by atoms with Gasteiger partial charge in [-0.05, 0) is 49.4 Å². The summed E-state index contributed by atoms with van der Waals surface area (Å²) in [4.78, 5) is 0. The summed E-state index contributed by atoms with van der Waals surface area (Å²) in [5, 5.41) is 0. The Morgan fingerprint density at radius 1 is 1.10 bits per heavy atom. The van der Waals surface area contributed by atoms with E-state index in [0.29, 0.717) is 0 Å². The fourth-order valence-corrected chi connectivity index (χ4v) is 3.62. The molecular weight excluding hydrogens is 120 g/mol. The maximum atomic E-state index is 4.22. The summed E-state index contributed by atoms with van der Waals surface area (Å²) in [6, 6.07) is 0. The molecule has 4 atom stereocenters. The van der Waals surface area contributed by atoms with Gasteiger partial charge in [0.25, 0.3) is 0 Å². The molecular formula is C10H14. The minimum absolute atomic E-state index is 0.961. The molecule has 0 amide bonds. The van der Waals surface area contributed by atoms with Crippen LogP contribution in [0.2, 0.25) is 0 Å². The highest BCUT2D eigenvalue weighted by atomic mass is 14.5. The minimum atomic E-state index is 0.961. The Labute approximate surface area is 62.3 Å². The number of rotatable bonds is 0. The van der Waals surface area contributed by atoms with E-state index in [1.165, 1.54) is 19.3 Å². The van der Waals surface area contributed by atoms with Crippen LogP contribution in [0.1, 0.15) is 25.7 Å². The van der Waals surface area contributed by atoms with E-state index in [9.17, 15) is 0 Å². The fraction of sp³-hybridized carbons (Fsp3) is 0.800. The van der Waals surface area contributed by atoms with Crippen LogP contribution in [-0.2, 0) is 0 Å². The summed E-state index contributed by atoms with van der Waals surface area (Å²) in [7, 11) is 0. The molecule has 10 heavy (non-hydrogen) atoms. The molecule has 4 bridgehead atoms. The first kappa shape index (κ1) is 5.40. The van der Waals surface area contributed by atoms with E-state index in [0.717, 1.165) is 23.7 Å². The molecule has 4 aliphatic carbocycles. The van der Waals surface area contributed by atoms with Crippen molar-refractivity contribution in [2.24, 2.45) is 23.7 Å². The van der Waals surface area contributed by atoms with Crippen molar-refractivity contribution in [1.82, 2.24) is 0 Å². The molecule has 4 fully saturated rings. The van der Waals surface area contributed by atoms with Crippen LogP contribution in [0.25, 0.3) is 0 Å². The van der Waals surface area contributed by atoms with Gasteiger partial charge in [0, 0.05) is 0 Å². The van der Waals surface area contributed by atoms with Crippen molar-refractivity contribution in [3.05, 3.63) is 12.2 Å². The van der Waals surface area contributed by atoms with Gasteiger partial charge in [0.2, 0.25) is 0 Å². The van der Waals surface area contributed by atoms with Crippen molar-refractivity contribution in [2.75, 3.05) is 0 Å².